The molecule has 0 amide bonds. The van der Waals surface area contributed by atoms with E-state index in [2.05, 4.69) is 65.2 Å². The highest BCUT2D eigenvalue weighted by atomic mass is 16.1. The molecule has 0 radical (unpaired) electrons. The van der Waals surface area contributed by atoms with Crippen LogP contribution in [0.5, 0.6) is 0 Å². The molecule has 6 rings (SSSR count). The molecule has 0 N–H and O–H groups in total. The summed E-state index contributed by atoms with van der Waals surface area (Å²) >= 11 is 0. The summed E-state index contributed by atoms with van der Waals surface area (Å²) in [6.07, 6.45) is 0. The summed E-state index contributed by atoms with van der Waals surface area (Å²) in [6.45, 7) is 2.01. The first-order chi connectivity index (χ1) is 18.6. The molecule has 0 spiro atoms. The zero-order valence-corrected chi connectivity index (χ0v) is 21.5. The molecule has 0 fully saturated rings. The van der Waals surface area contributed by atoms with Gasteiger partial charge in [0.15, 0.2) is 0 Å². The Morgan fingerprint density at radius 1 is 0.553 bits per heavy atom. The topological polar surface area (TPSA) is 30.8 Å². The van der Waals surface area contributed by atoms with Gasteiger partial charge in [0, 0.05) is 30.3 Å². The van der Waals surface area contributed by atoms with Gasteiger partial charge in [0.2, 0.25) is 11.4 Å². The summed E-state index contributed by atoms with van der Waals surface area (Å²) in [4.78, 5) is 14.3. The quantitative estimate of drug-likeness (QED) is 0.244. The van der Waals surface area contributed by atoms with Crippen LogP contribution in [0.1, 0.15) is 5.69 Å². The van der Waals surface area contributed by atoms with Crippen molar-refractivity contribution in [2.24, 2.45) is 7.05 Å². The minimum absolute atomic E-state index is 0.0666. The van der Waals surface area contributed by atoms with Crippen LogP contribution < -0.4 is 10.1 Å². The molecule has 2 aromatic heterocycles. The number of nitrogens with zero attached hydrogens (tertiary/aromatic N) is 3. The van der Waals surface area contributed by atoms with E-state index in [1.165, 1.54) is 0 Å². The largest absolute Gasteiger partial charge is 0.344 e. The number of rotatable bonds is 5. The molecule has 0 saturated heterocycles. The van der Waals surface area contributed by atoms with Crippen molar-refractivity contribution in [3.8, 4) is 45.0 Å². The molecule has 0 aliphatic heterocycles. The third-order valence-electron chi connectivity index (χ3n) is 7.06. The lowest BCUT2D eigenvalue weighted by Gasteiger charge is -2.12. The van der Waals surface area contributed by atoms with Gasteiger partial charge < -0.3 is 0 Å². The zero-order chi connectivity index (χ0) is 26.1. The normalized spacial score (nSPS) is 11.0. The van der Waals surface area contributed by atoms with Gasteiger partial charge in [-0.1, -0.05) is 84.9 Å². The van der Waals surface area contributed by atoms with Gasteiger partial charge in [-0.05, 0) is 54.4 Å². The average Bonchev–Trinajstić information content (AvgIpc) is 3.21. The summed E-state index contributed by atoms with van der Waals surface area (Å²) in [6, 6.07) is 45.2. The molecular formula is C34H28N3O+. The second-order valence-corrected chi connectivity index (χ2v) is 9.36. The van der Waals surface area contributed by atoms with Gasteiger partial charge in [0.05, 0.1) is 5.69 Å². The minimum Gasteiger partial charge on any atom is -0.278 e. The molecule has 184 valence electrons. The van der Waals surface area contributed by atoms with Gasteiger partial charge in [0.25, 0.3) is 5.69 Å². The molecule has 0 aliphatic carbocycles. The Morgan fingerprint density at radius 3 is 1.45 bits per heavy atom. The fourth-order valence-electron chi connectivity index (χ4n) is 5.09. The first-order valence-corrected chi connectivity index (χ1v) is 12.7. The van der Waals surface area contributed by atoms with E-state index < -0.39 is 0 Å². The van der Waals surface area contributed by atoms with Gasteiger partial charge in [-0.2, -0.15) is 0 Å². The Bertz CT molecular complexity index is 1710. The van der Waals surface area contributed by atoms with Gasteiger partial charge in [-0.3, -0.25) is 9.48 Å². The molecule has 4 nitrogen and oxygen atoms in total. The van der Waals surface area contributed by atoms with Crippen LogP contribution in [0.2, 0.25) is 0 Å². The number of para-hydroxylation sites is 1. The summed E-state index contributed by atoms with van der Waals surface area (Å²) in [5, 5.41) is 0. The SMILES string of the molecule is Cc1c(-[n+]2c(-c3ccccc3)cc(-c3ccccc3)cc2-c2ccccc2)c(=O)n(-c2ccccc2)n1C. The van der Waals surface area contributed by atoms with Gasteiger partial charge in [0.1, 0.15) is 5.69 Å². The fourth-order valence-corrected chi connectivity index (χ4v) is 5.09. The van der Waals surface area contributed by atoms with E-state index >= 15 is 0 Å². The highest BCUT2D eigenvalue weighted by Gasteiger charge is 2.32. The summed E-state index contributed by atoms with van der Waals surface area (Å²) in [5.41, 5.74) is 8.49. The smallest absolute Gasteiger partial charge is 0.278 e. The molecule has 0 saturated carbocycles. The van der Waals surface area contributed by atoms with E-state index in [4.69, 9.17) is 0 Å². The Labute approximate surface area is 222 Å². The van der Waals surface area contributed by atoms with E-state index in [1.807, 2.05) is 91.4 Å². The van der Waals surface area contributed by atoms with Crippen molar-refractivity contribution < 1.29 is 4.57 Å². The minimum atomic E-state index is -0.0666. The molecule has 38 heavy (non-hydrogen) atoms. The van der Waals surface area contributed by atoms with E-state index in [0.717, 1.165) is 45.0 Å². The Kier molecular flexibility index (Phi) is 6.06. The number of aromatic nitrogens is 3. The van der Waals surface area contributed by atoms with Crippen LogP contribution in [0.15, 0.2) is 138 Å². The first-order valence-electron chi connectivity index (χ1n) is 12.7. The lowest BCUT2D eigenvalue weighted by atomic mass is 9.98. The predicted molar refractivity (Wildman–Crippen MR) is 154 cm³/mol. The summed E-state index contributed by atoms with van der Waals surface area (Å²) in [7, 11) is 1.94. The molecule has 0 bridgehead atoms. The van der Waals surface area contributed by atoms with Crippen molar-refractivity contribution in [1.82, 2.24) is 9.36 Å². The van der Waals surface area contributed by atoms with Crippen molar-refractivity contribution in [3.05, 3.63) is 150 Å². The van der Waals surface area contributed by atoms with Gasteiger partial charge >= 0.3 is 5.56 Å². The van der Waals surface area contributed by atoms with E-state index in [9.17, 15) is 4.79 Å². The fraction of sp³-hybridized carbons (Fsp3) is 0.0588. The van der Waals surface area contributed by atoms with Crippen LogP contribution in [0.25, 0.3) is 45.0 Å². The number of benzene rings is 4. The highest BCUT2D eigenvalue weighted by molar-refractivity contribution is 5.74. The van der Waals surface area contributed by atoms with E-state index in [-0.39, 0.29) is 5.56 Å². The second kappa shape index (κ2) is 9.83. The Hall–Kier alpha value is -4.96. The van der Waals surface area contributed by atoms with Gasteiger partial charge in [-0.15, -0.1) is 4.57 Å². The molecule has 0 aliphatic rings. The van der Waals surface area contributed by atoms with Crippen molar-refractivity contribution in [3.63, 3.8) is 0 Å². The molecule has 4 aromatic carbocycles. The lowest BCUT2D eigenvalue weighted by Crippen LogP contribution is -2.42. The van der Waals surface area contributed by atoms with E-state index in [0.29, 0.717) is 5.69 Å². The number of pyridine rings is 1. The van der Waals surface area contributed by atoms with Crippen LogP contribution in [0, 0.1) is 6.92 Å². The first kappa shape index (κ1) is 23.4. The van der Waals surface area contributed by atoms with Gasteiger partial charge in [-0.25, -0.2) is 4.68 Å². The van der Waals surface area contributed by atoms with Crippen LogP contribution in [-0.4, -0.2) is 9.36 Å². The van der Waals surface area contributed by atoms with Crippen molar-refractivity contribution in [2.75, 3.05) is 0 Å². The third kappa shape index (κ3) is 4.06. The maximum Gasteiger partial charge on any atom is 0.344 e. The lowest BCUT2D eigenvalue weighted by molar-refractivity contribution is -0.573. The summed E-state index contributed by atoms with van der Waals surface area (Å²) in [5.74, 6) is 0. The number of hydrogen-bond acceptors (Lipinski definition) is 1. The standard InChI is InChI=1S/C34H28N3O/c1-25-33(34(38)37(35(25)2)30-21-13-6-14-22-30)36-31(27-17-9-4-10-18-27)23-29(26-15-7-3-8-16-26)24-32(36)28-19-11-5-12-20-28/h3-24H,1-2H3/q+1. The molecule has 2 heterocycles. The van der Waals surface area contributed by atoms with Crippen LogP contribution in [-0.2, 0) is 7.05 Å². The predicted octanol–water partition coefficient (Wildman–Crippen LogP) is 6.76. The highest BCUT2D eigenvalue weighted by Crippen LogP contribution is 2.30. The average molecular weight is 495 g/mol. The number of hydrogen-bond donors (Lipinski definition) is 0. The maximum absolute atomic E-state index is 14.3. The monoisotopic (exact) mass is 494 g/mol. The van der Waals surface area contributed by atoms with Crippen molar-refractivity contribution in [1.29, 1.82) is 0 Å². The van der Waals surface area contributed by atoms with Crippen LogP contribution >= 0.6 is 0 Å². The third-order valence-corrected chi connectivity index (χ3v) is 7.06. The van der Waals surface area contributed by atoms with Crippen LogP contribution in [0.3, 0.4) is 0 Å². The van der Waals surface area contributed by atoms with Crippen molar-refractivity contribution >= 4 is 0 Å². The molecular weight excluding hydrogens is 466 g/mol. The summed E-state index contributed by atoms with van der Waals surface area (Å²) < 4.78 is 5.81. The Morgan fingerprint density at radius 2 is 0.974 bits per heavy atom. The second-order valence-electron chi connectivity index (χ2n) is 9.36. The van der Waals surface area contributed by atoms with E-state index in [1.54, 1.807) is 4.68 Å². The zero-order valence-electron chi connectivity index (χ0n) is 21.5. The Balaban J connectivity index is 1.75. The van der Waals surface area contributed by atoms with Crippen LogP contribution in [0.4, 0.5) is 0 Å². The molecule has 0 atom stereocenters. The molecule has 6 aromatic rings. The molecule has 0 unspecified atom stereocenters. The van der Waals surface area contributed by atoms with Crippen molar-refractivity contribution in [2.45, 2.75) is 6.92 Å². The molecule has 4 heteroatoms. The maximum atomic E-state index is 14.3.